The second kappa shape index (κ2) is 7.81. The monoisotopic (exact) mass is 284 g/mol. The first kappa shape index (κ1) is 15.5. The van der Waals surface area contributed by atoms with Crippen LogP contribution in [0.4, 0.5) is 0 Å². The molecule has 0 aliphatic rings. The molecule has 2 aromatic rings. The second-order valence-electron chi connectivity index (χ2n) is 5.20. The maximum atomic E-state index is 6.38. The summed E-state index contributed by atoms with van der Waals surface area (Å²) in [5.41, 5.74) is 14.7. The fourth-order valence-corrected chi connectivity index (χ4v) is 2.56. The van der Waals surface area contributed by atoms with Crippen LogP contribution >= 0.6 is 0 Å². The maximum Gasteiger partial charge on any atom is 0.119 e. The minimum Gasteiger partial charge on any atom is -0.494 e. The zero-order valence-electron chi connectivity index (χ0n) is 12.5. The van der Waals surface area contributed by atoms with Crippen molar-refractivity contribution in [3.8, 4) is 5.75 Å². The molecule has 2 aromatic carbocycles. The van der Waals surface area contributed by atoms with Crippen molar-refractivity contribution in [2.45, 2.75) is 25.3 Å². The summed E-state index contributed by atoms with van der Waals surface area (Å²) in [6.45, 7) is 3.20. The predicted molar refractivity (Wildman–Crippen MR) is 87.5 cm³/mol. The number of hydrogen-bond donors (Lipinski definition) is 2. The van der Waals surface area contributed by atoms with Crippen molar-refractivity contribution < 1.29 is 4.74 Å². The van der Waals surface area contributed by atoms with Crippen molar-refractivity contribution in [3.05, 3.63) is 65.7 Å². The number of rotatable bonds is 7. The summed E-state index contributed by atoms with van der Waals surface area (Å²) in [5.74, 6) is 1.04. The molecule has 0 aromatic heterocycles. The Morgan fingerprint density at radius 3 is 2.24 bits per heavy atom. The normalized spacial score (nSPS) is 13.7. The van der Waals surface area contributed by atoms with E-state index in [0.29, 0.717) is 13.2 Å². The van der Waals surface area contributed by atoms with Crippen molar-refractivity contribution in [2.75, 3.05) is 13.2 Å². The largest absolute Gasteiger partial charge is 0.494 e. The van der Waals surface area contributed by atoms with Crippen molar-refractivity contribution in [1.29, 1.82) is 0 Å². The van der Waals surface area contributed by atoms with Gasteiger partial charge in [-0.25, -0.2) is 0 Å². The van der Waals surface area contributed by atoms with Crippen LogP contribution in [-0.4, -0.2) is 19.2 Å². The fourth-order valence-electron chi connectivity index (χ4n) is 2.56. The summed E-state index contributed by atoms with van der Waals surface area (Å²) >= 11 is 0. The van der Waals surface area contributed by atoms with Crippen LogP contribution in [0.3, 0.4) is 0 Å². The van der Waals surface area contributed by atoms with E-state index in [1.54, 1.807) is 0 Å². The molecule has 0 fully saturated rings. The summed E-state index contributed by atoms with van der Waals surface area (Å²) in [6, 6.07) is 18.4. The van der Waals surface area contributed by atoms with Gasteiger partial charge in [0.05, 0.1) is 6.61 Å². The molecule has 2 atom stereocenters. The van der Waals surface area contributed by atoms with Crippen LogP contribution in [0.1, 0.15) is 24.0 Å². The fraction of sp³-hybridized carbons (Fsp3) is 0.333. The zero-order valence-corrected chi connectivity index (χ0v) is 12.5. The first-order valence-electron chi connectivity index (χ1n) is 7.47. The number of benzene rings is 2. The zero-order chi connectivity index (χ0) is 15.1. The van der Waals surface area contributed by atoms with E-state index in [2.05, 4.69) is 24.3 Å². The lowest BCUT2D eigenvalue weighted by molar-refractivity contribution is 0.340. The Morgan fingerprint density at radius 1 is 1.00 bits per heavy atom. The van der Waals surface area contributed by atoms with Gasteiger partial charge in [0.2, 0.25) is 0 Å². The standard InChI is InChI=1S/C18H24N2O/c1-2-21-16-10-8-15(9-11-16)17(13-19)18(20)12-14-6-4-3-5-7-14/h3-11,17-18H,2,12-13,19-20H2,1H3. The van der Waals surface area contributed by atoms with Gasteiger partial charge >= 0.3 is 0 Å². The van der Waals surface area contributed by atoms with Crippen LogP contribution in [-0.2, 0) is 6.42 Å². The molecule has 0 aliphatic carbocycles. The molecule has 0 spiro atoms. The predicted octanol–water partition coefficient (Wildman–Crippen LogP) is 2.70. The summed E-state index contributed by atoms with van der Waals surface area (Å²) in [7, 11) is 0. The molecule has 0 radical (unpaired) electrons. The minimum absolute atomic E-state index is 0.00958. The van der Waals surface area contributed by atoms with Gasteiger partial charge in [-0.05, 0) is 36.6 Å². The smallest absolute Gasteiger partial charge is 0.119 e. The summed E-state index contributed by atoms with van der Waals surface area (Å²) < 4.78 is 5.47. The Labute approximate surface area is 126 Å². The van der Waals surface area contributed by atoms with Gasteiger partial charge in [-0.2, -0.15) is 0 Å². The summed E-state index contributed by atoms with van der Waals surface area (Å²) in [5, 5.41) is 0. The second-order valence-corrected chi connectivity index (χ2v) is 5.20. The quantitative estimate of drug-likeness (QED) is 0.821. The van der Waals surface area contributed by atoms with E-state index in [4.69, 9.17) is 16.2 Å². The highest BCUT2D eigenvalue weighted by Crippen LogP contribution is 2.23. The molecule has 0 aliphatic heterocycles. The SMILES string of the molecule is CCOc1ccc(C(CN)C(N)Cc2ccccc2)cc1. The Balaban J connectivity index is 2.07. The molecule has 0 saturated carbocycles. The van der Waals surface area contributed by atoms with E-state index in [0.717, 1.165) is 12.2 Å². The van der Waals surface area contributed by atoms with Crippen molar-refractivity contribution in [1.82, 2.24) is 0 Å². The average molecular weight is 284 g/mol. The Morgan fingerprint density at radius 2 is 1.67 bits per heavy atom. The van der Waals surface area contributed by atoms with Gasteiger partial charge in [0.25, 0.3) is 0 Å². The Kier molecular flexibility index (Phi) is 5.78. The molecule has 0 bridgehead atoms. The molecule has 3 nitrogen and oxygen atoms in total. The number of hydrogen-bond acceptors (Lipinski definition) is 3. The van der Waals surface area contributed by atoms with Gasteiger partial charge in [-0.1, -0.05) is 42.5 Å². The van der Waals surface area contributed by atoms with Crippen molar-refractivity contribution in [3.63, 3.8) is 0 Å². The minimum atomic E-state index is 0.00958. The van der Waals surface area contributed by atoms with E-state index in [9.17, 15) is 0 Å². The van der Waals surface area contributed by atoms with Crippen molar-refractivity contribution >= 4 is 0 Å². The van der Waals surface area contributed by atoms with E-state index < -0.39 is 0 Å². The van der Waals surface area contributed by atoms with E-state index in [-0.39, 0.29) is 12.0 Å². The van der Waals surface area contributed by atoms with E-state index in [1.165, 1.54) is 11.1 Å². The molecule has 2 rings (SSSR count). The summed E-state index contributed by atoms with van der Waals surface area (Å²) in [4.78, 5) is 0. The highest BCUT2D eigenvalue weighted by molar-refractivity contribution is 5.31. The van der Waals surface area contributed by atoms with Crippen LogP contribution in [0.5, 0.6) is 5.75 Å². The highest BCUT2D eigenvalue weighted by atomic mass is 16.5. The summed E-state index contributed by atoms with van der Waals surface area (Å²) in [6.07, 6.45) is 0.829. The topological polar surface area (TPSA) is 61.3 Å². The molecule has 2 unspecified atom stereocenters. The molecule has 0 amide bonds. The van der Waals surface area contributed by atoms with E-state index in [1.807, 2.05) is 37.3 Å². The molecule has 3 heteroatoms. The van der Waals surface area contributed by atoms with Crippen LogP contribution < -0.4 is 16.2 Å². The van der Waals surface area contributed by atoms with Gasteiger partial charge < -0.3 is 16.2 Å². The molecular formula is C18H24N2O. The lowest BCUT2D eigenvalue weighted by Gasteiger charge is -2.23. The van der Waals surface area contributed by atoms with Gasteiger partial charge in [0, 0.05) is 18.5 Å². The number of ether oxygens (including phenoxy) is 1. The van der Waals surface area contributed by atoms with Crippen molar-refractivity contribution in [2.24, 2.45) is 11.5 Å². The molecule has 21 heavy (non-hydrogen) atoms. The van der Waals surface area contributed by atoms with Crippen LogP contribution in [0.2, 0.25) is 0 Å². The van der Waals surface area contributed by atoms with Crippen LogP contribution in [0.25, 0.3) is 0 Å². The van der Waals surface area contributed by atoms with Gasteiger partial charge in [-0.15, -0.1) is 0 Å². The number of nitrogens with two attached hydrogens (primary N) is 2. The van der Waals surface area contributed by atoms with E-state index >= 15 is 0 Å². The molecular weight excluding hydrogens is 260 g/mol. The molecule has 4 N–H and O–H groups in total. The Hall–Kier alpha value is -1.84. The third-order valence-electron chi connectivity index (χ3n) is 3.70. The first-order chi connectivity index (χ1) is 10.2. The third kappa shape index (κ3) is 4.31. The molecule has 112 valence electrons. The van der Waals surface area contributed by atoms with Gasteiger partial charge in [-0.3, -0.25) is 0 Å². The first-order valence-corrected chi connectivity index (χ1v) is 7.47. The lowest BCUT2D eigenvalue weighted by atomic mass is 9.88. The van der Waals surface area contributed by atoms with Gasteiger partial charge in [0.15, 0.2) is 0 Å². The van der Waals surface area contributed by atoms with Crippen LogP contribution in [0.15, 0.2) is 54.6 Å². The molecule has 0 heterocycles. The molecule has 0 saturated heterocycles. The maximum absolute atomic E-state index is 6.38. The lowest BCUT2D eigenvalue weighted by Crippen LogP contribution is -2.35. The third-order valence-corrected chi connectivity index (χ3v) is 3.70. The average Bonchev–Trinajstić information content (AvgIpc) is 2.51. The highest BCUT2D eigenvalue weighted by Gasteiger charge is 2.18. The van der Waals surface area contributed by atoms with Gasteiger partial charge in [0.1, 0.15) is 5.75 Å². The van der Waals surface area contributed by atoms with Crippen LogP contribution in [0, 0.1) is 0 Å². The Bertz CT molecular complexity index is 525.